The number of hydrogen-bond acceptors (Lipinski definition) is 6. The summed E-state index contributed by atoms with van der Waals surface area (Å²) >= 11 is 7.83. The van der Waals surface area contributed by atoms with Crippen molar-refractivity contribution in [3.8, 4) is 23.0 Å². The third kappa shape index (κ3) is 2.12. The minimum atomic E-state index is 0.244. The Balaban J connectivity index is 2.05. The summed E-state index contributed by atoms with van der Waals surface area (Å²) in [7, 11) is 0. The fraction of sp³-hybridized carbons (Fsp3) is 0. The van der Waals surface area contributed by atoms with Gasteiger partial charge in [0.25, 0.3) is 0 Å². The van der Waals surface area contributed by atoms with Gasteiger partial charge in [0, 0.05) is 21.5 Å². The fourth-order valence-electron chi connectivity index (χ4n) is 2.51. The van der Waals surface area contributed by atoms with Crippen LogP contribution in [0.1, 0.15) is 5.56 Å². The summed E-state index contributed by atoms with van der Waals surface area (Å²) in [5.74, 6) is 0.768. The third-order valence-corrected chi connectivity index (χ3v) is 4.86. The first-order valence-electron chi connectivity index (χ1n) is 6.91. The predicted molar refractivity (Wildman–Crippen MR) is 94.1 cm³/mol. The highest BCUT2D eigenvalue weighted by Gasteiger charge is 2.18. The molecule has 4 rings (SSSR count). The SMILES string of the molecule is N#Cc1cnn(-c2ncnc3scc(-c4ccccc4Cl)c23)c1N. The summed E-state index contributed by atoms with van der Waals surface area (Å²) in [6.07, 6.45) is 2.88. The number of hydrogen-bond donors (Lipinski definition) is 1. The Labute approximate surface area is 145 Å². The lowest BCUT2D eigenvalue weighted by atomic mass is 10.1. The molecule has 0 amide bonds. The van der Waals surface area contributed by atoms with Crippen LogP contribution in [0.25, 0.3) is 27.2 Å². The van der Waals surface area contributed by atoms with Crippen LogP contribution in [-0.4, -0.2) is 19.7 Å². The quantitative estimate of drug-likeness (QED) is 0.594. The van der Waals surface area contributed by atoms with E-state index < -0.39 is 0 Å². The predicted octanol–water partition coefficient (Wildman–Crippen LogP) is 3.65. The average molecular weight is 353 g/mol. The zero-order valence-electron chi connectivity index (χ0n) is 12.1. The van der Waals surface area contributed by atoms with Crippen molar-refractivity contribution in [3.05, 3.63) is 52.8 Å². The Bertz CT molecular complexity index is 1110. The molecule has 0 saturated heterocycles. The summed E-state index contributed by atoms with van der Waals surface area (Å²) in [6.45, 7) is 0. The van der Waals surface area contributed by atoms with Crippen molar-refractivity contribution in [3.63, 3.8) is 0 Å². The fourth-order valence-corrected chi connectivity index (χ4v) is 3.65. The van der Waals surface area contributed by atoms with Gasteiger partial charge >= 0.3 is 0 Å². The second kappa shape index (κ2) is 5.60. The molecule has 3 aromatic heterocycles. The normalized spacial score (nSPS) is 10.8. The molecule has 3 heterocycles. The highest BCUT2D eigenvalue weighted by atomic mass is 35.5. The van der Waals surface area contributed by atoms with Gasteiger partial charge in [-0.1, -0.05) is 29.8 Å². The number of fused-ring (bicyclic) bond motifs is 1. The zero-order valence-corrected chi connectivity index (χ0v) is 13.7. The Hall–Kier alpha value is -2.95. The van der Waals surface area contributed by atoms with Gasteiger partial charge in [-0.25, -0.2) is 9.97 Å². The number of benzene rings is 1. The lowest BCUT2D eigenvalue weighted by Crippen LogP contribution is -2.05. The molecule has 0 radical (unpaired) electrons. The van der Waals surface area contributed by atoms with E-state index in [1.807, 2.05) is 35.7 Å². The molecule has 0 bridgehead atoms. The largest absolute Gasteiger partial charge is 0.382 e. The summed E-state index contributed by atoms with van der Waals surface area (Å²) in [4.78, 5) is 9.45. The molecule has 0 atom stereocenters. The number of nitrogen functional groups attached to an aromatic ring is 1. The van der Waals surface area contributed by atoms with Gasteiger partial charge in [0.05, 0.1) is 11.6 Å². The molecule has 1 aromatic carbocycles. The smallest absolute Gasteiger partial charge is 0.168 e. The molecule has 0 unspecified atom stereocenters. The van der Waals surface area contributed by atoms with Crippen molar-refractivity contribution in [2.24, 2.45) is 0 Å². The molecular weight excluding hydrogens is 344 g/mol. The van der Waals surface area contributed by atoms with Gasteiger partial charge in [-0.05, 0) is 6.07 Å². The molecule has 0 aliphatic rings. The maximum absolute atomic E-state index is 9.09. The first-order chi connectivity index (χ1) is 11.7. The number of nitrogens with two attached hydrogens (primary N) is 1. The molecule has 24 heavy (non-hydrogen) atoms. The molecule has 4 aromatic rings. The number of nitriles is 1. The highest BCUT2D eigenvalue weighted by molar-refractivity contribution is 7.17. The molecule has 8 heteroatoms. The van der Waals surface area contributed by atoms with Gasteiger partial charge in [0.1, 0.15) is 28.6 Å². The van der Waals surface area contributed by atoms with Crippen LogP contribution in [0, 0.1) is 11.3 Å². The number of rotatable bonds is 2. The minimum Gasteiger partial charge on any atom is -0.382 e. The first-order valence-corrected chi connectivity index (χ1v) is 8.17. The molecule has 6 nitrogen and oxygen atoms in total. The Morgan fingerprint density at radius 2 is 2.04 bits per heavy atom. The number of nitrogens with zero attached hydrogens (tertiary/aromatic N) is 5. The molecule has 0 aliphatic carbocycles. The van der Waals surface area contributed by atoms with E-state index in [1.165, 1.54) is 28.5 Å². The number of thiophene rings is 1. The summed E-state index contributed by atoms with van der Waals surface area (Å²) in [5.41, 5.74) is 8.11. The number of halogens is 1. The monoisotopic (exact) mass is 352 g/mol. The second-order valence-electron chi connectivity index (χ2n) is 4.97. The van der Waals surface area contributed by atoms with Crippen molar-refractivity contribution in [2.75, 3.05) is 5.73 Å². The Morgan fingerprint density at radius 3 is 2.79 bits per heavy atom. The van der Waals surface area contributed by atoms with Crippen LogP contribution in [0.2, 0.25) is 5.02 Å². The van der Waals surface area contributed by atoms with Gasteiger partial charge in [0.15, 0.2) is 5.82 Å². The average Bonchev–Trinajstić information content (AvgIpc) is 3.19. The van der Waals surface area contributed by atoms with Crippen LogP contribution in [0.15, 0.2) is 42.2 Å². The van der Waals surface area contributed by atoms with E-state index in [9.17, 15) is 0 Å². The van der Waals surface area contributed by atoms with Crippen LogP contribution < -0.4 is 5.73 Å². The summed E-state index contributed by atoms with van der Waals surface area (Å²) in [6, 6.07) is 9.58. The minimum absolute atomic E-state index is 0.244. The third-order valence-electron chi connectivity index (χ3n) is 3.64. The van der Waals surface area contributed by atoms with Gasteiger partial charge in [-0.2, -0.15) is 15.0 Å². The van der Waals surface area contributed by atoms with Crippen molar-refractivity contribution in [1.82, 2.24) is 19.7 Å². The van der Waals surface area contributed by atoms with E-state index in [0.29, 0.717) is 16.4 Å². The highest BCUT2D eigenvalue weighted by Crippen LogP contribution is 2.39. The van der Waals surface area contributed by atoms with E-state index in [2.05, 4.69) is 15.1 Å². The molecule has 0 aliphatic heterocycles. The zero-order chi connectivity index (χ0) is 16.7. The van der Waals surface area contributed by atoms with E-state index in [4.69, 9.17) is 22.6 Å². The summed E-state index contributed by atoms with van der Waals surface area (Å²) in [5, 5.41) is 16.7. The van der Waals surface area contributed by atoms with E-state index >= 15 is 0 Å². The van der Waals surface area contributed by atoms with Crippen molar-refractivity contribution >= 4 is 39.0 Å². The van der Waals surface area contributed by atoms with Crippen molar-refractivity contribution < 1.29 is 0 Å². The maximum Gasteiger partial charge on any atom is 0.168 e. The van der Waals surface area contributed by atoms with Gasteiger partial charge in [0.2, 0.25) is 0 Å². The van der Waals surface area contributed by atoms with Crippen molar-refractivity contribution in [1.29, 1.82) is 5.26 Å². The molecule has 2 N–H and O–H groups in total. The Morgan fingerprint density at radius 1 is 1.21 bits per heavy atom. The van der Waals surface area contributed by atoms with Gasteiger partial charge in [-0.15, -0.1) is 11.3 Å². The van der Waals surface area contributed by atoms with Crippen LogP contribution in [0.4, 0.5) is 5.82 Å². The molecular formula is C16H9ClN6S. The van der Waals surface area contributed by atoms with Gasteiger partial charge in [-0.3, -0.25) is 0 Å². The standard InChI is InChI=1S/C16H9ClN6S/c17-12-4-2-1-3-10(12)11-7-24-16-13(11)15(20-8-21-16)23-14(19)9(5-18)6-22-23/h1-4,6-8H,19H2. The Kier molecular flexibility index (Phi) is 3.41. The maximum atomic E-state index is 9.09. The first kappa shape index (κ1) is 14.6. The molecule has 116 valence electrons. The van der Waals surface area contributed by atoms with Crippen LogP contribution in [-0.2, 0) is 0 Å². The van der Waals surface area contributed by atoms with Crippen molar-refractivity contribution in [2.45, 2.75) is 0 Å². The van der Waals surface area contributed by atoms with Crippen LogP contribution in [0.5, 0.6) is 0 Å². The van der Waals surface area contributed by atoms with Gasteiger partial charge < -0.3 is 5.73 Å². The molecule has 0 fully saturated rings. The van der Waals surface area contributed by atoms with E-state index in [0.717, 1.165) is 21.3 Å². The number of aromatic nitrogens is 4. The van der Waals surface area contributed by atoms with E-state index in [-0.39, 0.29) is 5.82 Å². The second-order valence-corrected chi connectivity index (χ2v) is 6.24. The van der Waals surface area contributed by atoms with E-state index in [1.54, 1.807) is 0 Å². The topological polar surface area (TPSA) is 93.4 Å². The molecule has 0 spiro atoms. The summed E-state index contributed by atoms with van der Waals surface area (Å²) < 4.78 is 1.45. The lowest BCUT2D eigenvalue weighted by Gasteiger charge is -2.08. The van der Waals surface area contributed by atoms with Crippen LogP contribution in [0.3, 0.4) is 0 Å². The molecule has 0 saturated carbocycles. The van der Waals surface area contributed by atoms with Crippen LogP contribution >= 0.6 is 22.9 Å². The lowest BCUT2D eigenvalue weighted by molar-refractivity contribution is 0.862. The number of anilines is 1.